The van der Waals surface area contributed by atoms with Crippen LogP contribution in [0.25, 0.3) is 0 Å². The maximum Gasteiger partial charge on any atom is 0.157 e. The van der Waals surface area contributed by atoms with Gasteiger partial charge < -0.3 is 9.67 Å². The molecule has 0 saturated heterocycles. The van der Waals surface area contributed by atoms with E-state index in [9.17, 15) is 5.11 Å². The molecular formula is C10H12N4O. The zero-order valence-corrected chi connectivity index (χ0v) is 8.41. The molecule has 0 aliphatic rings. The molecule has 78 valence electrons. The number of hydrogen-bond donors (Lipinski definition) is 1. The number of hydrogen-bond acceptors (Lipinski definition) is 4. The minimum absolute atomic E-state index is 0.424. The van der Waals surface area contributed by atoms with E-state index in [1.165, 1.54) is 0 Å². The summed E-state index contributed by atoms with van der Waals surface area (Å²) >= 11 is 0. The molecule has 0 saturated carbocycles. The van der Waals surface area contributed by atoms with E-state index < -0.39 is 6.10 Å². The van der Waals surface area contributed by atoms with Crippen LogP contribution in [0.5, 0.6) is 0 Å². The maximum absolute atomic E-state index is 9.84. The normalized spacial score (nSPS) is 12.7. The van der Waals surface area contributed by atoms with Gasteiger partial charge in [-0.15, -0.1) is 0 Å². The van der Waals surface area contributed by atoms with Gasteiger partial charge in [-0.3, -0.25) is 0 Å². The van der Waals surface area contributed by atoms with Crippen LogP contribution in [-0.2, 0) is 13.5 Å². The molecule has 2 heterocycles. The van der Waals surface area contributed by atoms with Crippen molar-refractivity contribution in [3.63, 3.8) is 0 Å². The molecule has 2 aromatic heterocycles. The Morgan fingerprint density at radius 1 is 1.27 bits per heavy atom. The van der Waals surface area contributed by atoms with Gasteiger partial charge in [-0.2, -0.15) is 0 Å². The largest absolute Gasteiger partial charge is 0.385 e. The van der Waals surface area contributed by atoms with E-state index >= 15 is 0 Å². The molecule has 2 aromatic rings. The second-order valence-corrected chi connectivity index (χ2v) is 3.28. The van der Waals surface area contributed by atoms with E-state index in [0.717, 1.165) is 5.82 Å². The van der Waals surface area contributed by atoms with Crippen molar-refractivity contribution in [3.05, 3.63) is 42.5 Å². The smallest absolute Gasteiger partial charge is 0.157 e. The molecule has 0 radical (unpaired) electrons. The molecule has 0 spiro atoms. The lowest BCUT2D eigenvalue weighted by Crippen LogP contribution is -2.09. The predicted molar refractivity (Wildman–Crippen MR) is 53.9 cm³/mol. The number of aliphatic hydroxyl groups is 1. The molecule has 0 bridgehead atoms. The number of aromatic nitrogens is 4. The second-order valence-electron chi connectivity index (χ2n) is 3.28. The molecule has 1 N–H and O–H groups in total. The summed E-state index contributed by atoms with van der Waals surface area (Å²) in [5, 5.41) is 9.84. The van der Waals surface area contributed by atoms with Crippen molar-refractivity contribution in [2.24, 2.45) is 7.05 Å². The van der Waals surface area contributed by atoms with Gasteiger partial charge in [-0.1, -0.05) is 0 Å². The molecule has 0 amide bonds. The lowest BCUT2D eigenvalue weighted by molar-refractivity contribution is 0.165. The van der Waals surface area contributed by atoms with Crippen molar-refractivity contribution in [3.8, 4) is 0 Å². The highest BCUT2D eigenvalue weighted by atomic mass is 16.3. The van der Waals surface area contributed by atoms with Crippen molar-refractivity contribution in [2.45, 2.75) is 12.5 Å². The van der Waals surface area contributed by atoms with Gasteiger partial charge >= 0.3 is 0 Å². The van der Waals surface area contributed by atoms with Gasteiger partial charge in [0.25, 0.3) is 0 Å². The van der Waals surface area contributed by atoms with Crippen LogP contribution in [-0.4, -0.2) is 24.6 Å². The summed E-state index contributed by atoms with van der Waals surface area (Å²) in [6.45, 7) is 0. The Hall–Kier alpha value is -1.75. The molecule has 1 atom stereocenters. The highest BCUT2D eigenvalue weighted by Crippen LogP contribution is 2.11. The molecule has 0 aliphatic heterocycles. The average molecular weight is 204 g/mol. The fourth-order valence-corrected chi connectivity index (χ4v) is 1.34. The van der Waals surface area contributed by atoms with Crippen LogP contribution in [0.3, 0.4) is 0 Å². The van der Waals surface area contributed by atoms with Crippen molar-refractivity contribution < 1.29 is 5.11 Å². The Kier molecular flexibility index (Phi) is 2.73. The van der Waals surface area contributed by atoms with Crippen LogP contribution in [0.2, 0.25) is 0 Å². The first kappa shape index (κ1) is 9.79. The Labute approximate surface area is 87.5 Å². The third kappa shape index (κ3) is 2.19. The van der Waals surface area contributed by atoms with Crippen LogP contribution in [0, 0.1) is 0 Å². The topological polar surface area (TPSA) is 63.8 Å². The monoisotopic (exact) mass is 204 g/mol. The van der Waals surface area contributed by atoms with E-state index in [2.05, 4.69) is 15.0 Å². The van der Waals surface area contributed by atoms with Gasteiger partial charge in [0.1, 0.15) is 11.9 Å². The number of aliphatic hydroxyl groups excluding tert-OH is 1. The SMILES string of the molecule is Cn1ccnc1CC(O)c1ncccn1. The minimum atomic E-state index is -0.702. The van der Waals surface area contributed by atoms with Crippen LogP contribution in [0.15, 0.2) is 30.9 Å². The Morgan fingerprint density at radius 3 is 2.60 bits per heavy atom. The van der Waals surface area contributed by atoms with Crippen molar-refractivity contribution in [1.29, 1.82) is 0 Å². The Balaban J connectivity index is 2.11. The van der Waals surface area contributed by atoms with Gasteiger partial charge in [-0.25, -0.2) is 15.0 Å². The summed E-state index contributed by atoms with van der Waals surface area (Å²) in [6.07, 6.45) is 6.50. The Bertz CT molecular complexity index is 426. The van der Waals surface area contributed by atoms with E-state index in [1.54, 1.807) is 24.7 Å². The summed E-state index contributed by atoms with van der Waals surface area (Å²) < 4.78 is 1.87. The van der Waals surface area contributed by atoms with Crippen molar-refractivity contribution >= 4 is 0 Å². The number of rotatable bonds is 3. The first-order valence-electron chi connectivity index (χ1n) is 4.68. The summed E-state index contributed by atoms with van der Waals surface area (Å²) in [6, 6.07) is 1.72. The zero-order chi connectivity index (χ0) is 10.7. The summed E-state index contributed by atoms with van der Waals surface area (Å²) in [4.78, 5) is 12.1. The van der Waals surface area contributed by atoms with Gasteiger partial charge in [0.15, 0.2) is 5.82 Å². The third-order valence-electron chi connectivity index (χ3n) is 2.18. The first-order valence-corrected chi connectivity index (χ1v) is 4.68. The molecule has 2 rings (SSSR count). The van der Waals surface area contributed by atoms with Crippen LogP contribution >= 0.6 is 0 Å². The van der Waals surface area contributed by atoms with Gasteiger partial charge in [0.05, 0.1) is 0 Å². The van der Waals surface area contributed by atoms with E-state index in [4.69, 9.17) is 0 Å². The maximum atomic E-state index is 9.84. The molecule has 1 unspecified atom stereocenters. The van der Waals surface area contributed by atoms with Crippen molar-refractivity contribution in [2.75, 3.05) is 0 Å². The predicted octanol–water partition coefficient (Wildman–Crippen LogP) is 0.486. The molecule has 15 heavy (non-hydrogen) atoms. The molecular weight excluding hydrogens is 192 g/mol. The molecule has 5 heteroatoms. The first-order chi connectivity index (χ1) is 7.27. The standard InChI is InChI=1S/C10H12N4O/c1-14-6-5-11-9(14)7-8(15)10-12-3-2-4-13-10/h2-6,8,15H,7H2,1H3. The fourth-order valence-electron chi connectivity index (χ4n) is 1.34. The highest BCUT2D eigenvalue weighted by molar-refractivity contribution is 4.99. The zero-order valence-electron chi connectivity index (χ0n) is 8.41. The van der Waals surface area contributed by atoms with Gasteiger partial charge in [-0.05, 0) is 6.07 Å². The number of imidazole rings is 1. The second kappa shape index (κ2) is 4.18. The molecule has 5 nitrogen and oxygen atoms in total. The van der Waals surface area contributed by atoms with E-state index in [1.807, 2.05) is 17.8 Å². The van der Waals surface area contributed by atoms with Crippen LogP contribution < -0.4 is 0 Å². The van der Waals surface area contributed by atoms with E-state index in [-0.39, 0.29) is 0 Å². The highest BCUT2D eigenvalue weighted by Gasteiger charge is 2.13. The van der Waals surface area contributed by atoms with Crippen LogP contribution in [0.4, 0.5) is 0 Å². The minimum Gasteiger partial charge on any atom is -0.385 e. The average Bonchev–Trinajstić information content (AvgIpc) is 2.66. The molecule has 0 aromatic carbocycles. The lowest BCUT2D eigenvalue weighted by Gasteiger charge is -2.08. The quantitative estimate of drug-likeness (QED) is 0.790. The number of nitrogens with zero attached hydrogens (tertiary/aromatic N) is 4. The number of aryl methyl sites for hydroxylation is 1. The molecule has 0 aliphatic carbocycles. The van der Waals surface area contributed by atoms with Crippen LogP contribution in [0.1, 0.15) is 17.8 Å². The van der Waals surface area contributed by atoms with Crippen molar-refractivity contribution in [1.82, 2.24) is 19.5 Å². The Morgan fingerprint density at radius 2 is 2.00 bits per heavy atom. The third-order valence-corrected chi connectivity index (χ3v) is 2.18. The van der Waals surface area contributed by atoms with Gasteiger partial charge in [0, 0.05) is 38.3 Å². The molecule has 0 fully saturated rings. The lowest BCUT2D eigenvalue weighted by atomic mass is 10.2. The summed E-state index contributed by atoms with van der Waals surface area (Å²) in [7, 11) is 1.89. The summed E-state index contributed by atoms with van der Waals surface area (Å²) in [5.41, 5.74) is 0. The summed E-state index contributed by atoms with van der Waals surface area (Å²) in [5.74, 6) is 1.25. The fraction of sp³-hybridized carbons (Fsp3) is 0.300. The van der Waals surface area contributed by atoms with E-state index in [0.29, 0.717) is 12.2 Å². The van der Waals surface area contributed by atoms with Gasteiger partial charge in [0.2, 0.25) is 0 Å².